The fourth-order valence-corrected chi connectivity index (χ4v) is 3.93. The van der Waals surface area contributed by atoms with Crippen molar-refractivity contribution in [2.75, 3.05) is 0 Å². The second kappa shape index (κ2) is 8.51. The molecule has 0 saturated heterocycles. The van der Waals surface area contributed by atoms with E-state index in [-0.39, 0.29) is 11.3 Å². The lowest BCUT2D eigenvalue weighted by atomic mass is 9.92. The number of carboxylic acid groups (broad SMARTS) is 1. The van der Waals surface area contributed by atoms with Crippen LogP contribution >= 0.6 is 0 Å². The summed E-state index contributed by atoms with van der Waals surface area (Å²) in [5.74, 6) is -2.39. The normalized spacial score (nSPS) is 10.8. The molecule has 0 fully saturated rings. The van der Waals surface area contributed by atoms with Gasteiger partial charge in [-0.1, -0.05) is 60.7 Å². The Hall–Kier alpha value is -4.19. The first-order valence-corrected chi connectivity index (χ1v) is 10.2. The molecule has 1 N–H and O–H groups in total. The van der Waals surface area contributed by atoms with Crippen molar-refractivity contribution in [3.63, 3.8) is 0 Å². The molecule has 0 aliphatic rings. The van der Waals surface area contributed by atoms with Gasteiger partial charge >= 0.3 is 11.9 Å². The predicted molar refractivity (Wildman–Crippen MR) is 123 cm³/mol. The quantitative estimate of drug-likeness (QED) is 0.454. The minimum absolute atomic E-state index is 0.249. The summed E-state index contributed by atoms with van der Waals surface area (Å²) in [5.41, 5.74) is 2.78. The van der Waals surface area contributed by atoms with Crippen molar-refractivity contribution < 1.29 is 19.4 Å². The molecule has 0 aliphatic carbocycles. The number of pyridine rings is 1. The lowest BCUT2D eigenvalue weighted by Gasteiger charge is -2.19. The Morgan fingerprint density at radius 3 is 1.91 bits per heavy atom. The molecule has 1 aromatic heterocycles. The highest BCUT2D eigenvalue weighted by atomic mass is 16.5. The molecule has 0 aliphatic heterocycles. The van der Waals surface area contributed by atoms with Crippen LogP contribution in [0.2, 0.25) is 0 Å². The molecule has 3 aromatic carbocycles. The van der Waals surface area contributed by atoms with E-state index in [4.69, 9.17) is 4.74 Å². The summed E-state index contributed by atoms with van der Waals surface area (Å²) < 4.78 is 6.78. The fourth-order valence-electron chi connectivity index (χ4n) is 3.93. The molecule has 0 amide bonds. The number of aryl methyl sites for hydroxylation is 1. The monoisotopic (exact) mass is 427 g/mol. The molecule has 0 spiro atoms. The van der Waals surface area contributed by atoms with E-state index in [1.807, 2.05) is 66.7 Å². The summed E-state index contributed by atoms with van der Waals surface area (Å²) >= 11 is 0. The van der Waals surface area contributed by atoms with Crippen molar-refractivity contribution in [1.29, 1.82) is 0 Å². The highest BCUT2D eigenvalue weighted by Crippen LogP contribution is 2.36. The number of fused-ring (bicyclic) bond motifs is 1. The first-order valence-electron chi connectivity index (χ1n) is 10.2. The average molecular weight is 427 g/mol. The van der Waals surface area contributed by atoms with Crippen LogP contribution in [-0.2, 0) is 11.3 Å². The van der Waals surface area contributed by atoms with Crippen LogP contribution in [0, 0.1) is 0 Å². The number of benzene rings is 3. The van der Waals surface area contributed by atoms with Gasteiger partial charge in [0.15, 0.2) is 5.56 Å². The van der Waals surface area contributed by atoms with Crippen molar-refractivity contribution in [3.8, 4) is 28.1 Å². The van der Waals surface area contributed by atoms with Crippen LogP contribution in [0.4, 0.5) is 0 Å². The number of ether oxygens (including phenoxy) is 1. The van der Waals surface area contributed by atoms with Gasteiger partial charge < -0.3 is 14.4 Å². The molecule has 4 aromatic rings. The maximum atomic E-state index is 13.3. The van der Waals surface area contributed by atoms with Gasteiger partial charge in [-0.2, -0.15) is 0 Å². The van der Waals surface area contributed by atoms with Gasteiger partial charge in [-0.25, -0.2) is 4.79 Å². The van der Waals surface area contributed by atoms with Gasteiger partial charge in [0.05, 0.1) is 5.52 Å². The molecule has 0 radical (unpaired) electrons. The topological polar surface area (TPSA) is 85.6 Å². The van der Waals surface area contributed by atoms with Crippen LogP contribution in [-0.4, -0.2) is 21.6 Å². The highest BCUT2D eigenvalue weighted by Gasteiger charge is 2.25. The van der Waals surface area contributed by atoms with Crippen molar-refractivity contribution in [2.45, 2.75) is 20.4 Å². The molecule has 6 nitrogen and oxygen atoms in total. The van der Waals surface area contributed by atoms with Crippen molar-refractivity contribution >= 4 is 22.8 Å². The number of aromatic carboxylic acids is 1. The number of nitrogens with zero attached hydrogens (tertiary/aromatic N) is 1. The number of hydrogen-bond acceptors (Lipinski definition) is 4. The van der Waals surface area contributed by atoms with Gasteiger partial charge in [0.1, 0.15) is 0 Å². The zero-order valence-corrected chi connectivity index (χ0v) is 17.7. The summed E-state index contributed by atoms with van der Waals surface area (Å²) in [6.07, 6.45) is 0. The van der Waals surface area contributed by atoms with Crippen molar-refractivity contribution in [3.05, 3.63) is 88.6 Å². The number of hydrogen-bond donors (Lipinski definition) is 1. The lowest BCUT2D eigenvalue weighted by molar-refractivity contribution is -0.132. The predicted octanol–water partition coefficient (Wildman–Crippen LogP) is 4.98. The van der Waals surface area contributed by atoms with E-state index in [0.717, 1.165) is 22.3 Å². The minimum Gasteiger partial charge on any atom is -0.477 e. The summed E-state index contributed by atoms with van der Waals surface area (Å²) in [6, 6.07) is 22.9. The van der Waals surface area contributed by atoms with Crippen LogP contribution in [0.25, 0.3) is 33.2 Å². The molecule has 0 saturated carbocycles. The van der Waals surface area contributed by atoms with Crippen LogP contribution < -0.4 is 10.2 Å². The second-order valence-electron chi connectivity index (χ2n) is 7.30. The second-order valence-corrected chi connectivity index (χ2v) is 7.30. The molecular weight excluding hydrogens is 406 g/mol. The minimum atomic E-state index is -1.44. The molecule has 0 unspecified atom stereocenters. The van der Waals surface area contributed by atoms with Gasteiger partial charge in [-0.15, -0.1) is 0 Å². The van der Waals surface area contributed by atoms with Gasteiger partial charge in [0, 0.05) is 18.9 Å². The summed E-state index contributed by atoms with van der Waals surface area (Å²) in [7, 11) is 0. The number of esters is 1. The van der Waals surface area contributed by atoms with Gasteiger partial charge in [-0.3, -0.25) is 9.59 Å². The molecule has 32 heavy (non-hydrogen) atoms. The molecule has 0 atom stereocenters. The zero-order chi connectivity index (χ0) is 22.8. The first kappa shape index (κ1) is 21.1. The molecule has 0 bridgehead atoms. The molecule has 160 valence electrons. The Balaban J connectivity index is 2.18. The maximum Gasteiger partial charge on any atom is 0.345 e. The average Bonchev–Trinajstić information content (AvgIpc) is 2.79. The number of carbonyl (C=O) groups is 2. The maximum absolute atomic E-state index is 13.3. The van der Waals surface area contributed by atoms with E-state index in [1.165, 1.54) is 6.92 Å². The Kier molecular flexibility index (Phi) is 5.60. The molecule has 4 rings (SSSR count). The standard InChI is InChI=1S/C26H21NO5/c1-3-27-22-15-20(18-12-8-5-9-13-18)19(17-10-6-4-7-11-17)14-21(22)24(29)23(26(30)31)25(27)32-16(2)28/h4-15H,3H2,1-2H3,(H,30,31). The third-order valence-corrected chi connectivity index (χ3v) is 5.30. The zero-order valence-electron chi connectivity index (χ0n) is 17.7. The van der Waals surface area contributed by atoms with Gasteiger partial charge in [0.2, 0.25) is 11.3 Å². The van der Waals surface area contributed by atoms with E-state index in [2.05, 4.69) is 0 Å². The number of carboxylic acids is 1. The van der Waals surface area contributed by atoms with E-state index < -0.39 is 22.9 Å². The Labute approximate surface area is 184 Å². The van der Waals surface area contributed by atoms with Gasteiger partial charge in [0.25, 0.3) is 0 Å². The number of rotatable bonds is 5. The third kappa shape index (κ3) is 3.67. The molecule has 1 heterocycles. The third-order valence-electron chi connectivity index (χ3n) is 5.30. The van der Waals surface area contributed by atoms with Crippen molar-refractivity contribution in [2.24, 2.45) is 0 Å². The van der Waals surface area contributed by atoms with E-state index in [9.17, 15) is 19.5 Å². The Morgan fingerprint density at radius 1 is 0.906 bits per heavy atom. The van der Waals surface area contributed by atoms with Gasteiger partial charge in [-0.05, 0) is 41.3 Å². The number of aromatic nitrogens is 1. The Bertz CT molecular complexity index is 1390. The largest absolute Gasteiger partial charge is 0.477 e. The molecular formula is C26H21NO5. The first-order chi connectivity index (χ1) is 15.4. The fraction of sp³-hybridized carbons (Fsp3) is 0.115. The van der Waals surface area contributed by atoms with E-state index >= 15 is 0 Å². The van der Waals surface area contributed by atoms with Crippen LogP contribution in [0.3, 0.4) is 0 Å². The van der Waals surface area contributed by atoms with Crippen LogP contribution in [0.1, 0.15) is 24.2 Å². The highest BCUT2D eigenvalue weighted by molar-refractivity contribution is 6.00. The van der Waals surface area contributed by atoms with Crippen LogP contribution in [0.15, 0.2) is 77.6 Å². The lowest BCUT2D eigenvalue weighted by Crippen LogP contribution is -2.23. The SMILES string of the molecule is CCn1c(OC(C)=O)c(C(=O)O)c(=O)c2cc(-c3ccccc3)c(-c3ccccc3)cc21. The van der Waals surface area contributed by atoms with E-state index in [1.54, 1.807) is 17.6 Å². The van der Waals surface area contributed by atoms with E-state index in [0.29, 0.717) is 12.1 Å². The summed E-state index contributed by atoms with van der Waals surface area (Å²) in [6.45, 7) is 3.28. The molecule has 6 heteroatoms. The summed E-state index contributed by atoms with van der Waals surface area (Å²) in [5, 5.41) is 10.0. The number of carbonyl (C=O) groups excluding carboxylic acids is 1. The van der Waals surface area contributed by atoms with Crippen LogP contribution in [0.5, 0.6) is 5.88 Å². The Morgan fingerprint density at radius 2 is 1.44 bits per heavy atom. The smallest absolute Gasteiger partial charge is 0.345 e. The summed E-state index contributed by atoms with van der Waals surface area (Å²) in [4.78, 5) is 37.0. The van der Waals surface area contributed by atoms with Crippen molar-refractivity contribution in [1.82, 2.24) is 4.57 Å².